The second-order valence-corrected chi connectivity index (χ2v) is 10.6. The van der Waals surface area contributed by atoms with Gasteiger partial charge in [-0.2, -0.15) is 0 Å². The number of aliphatic hydroxyl groups is 1. The van der Waals surface area contributed by atoms with Gasteiger partial charge in [0.2, 0.25) is 5.89 Å². The molecule has 5 nitrogen and oxygen atoms in total. The fraction of sp³-hybridized carbons (Fsp3) is 0.323. The van der Waals surface area contributed by atoms with Crippen LogP contribution in [0.15, 0.2) is 95.5 Å². The van der Waals surface area contributed by atoms with Gasteiger partial charge in [-0.15, -0.1) is 0 Å². The van der Waals surface area contributed by atoms with E-state index in [4.69, 9.17) is 9.15 Å². The van der Waals surface area contributed by atoms with Gasteiger partial charge < -0.3 is 18.7 Å². The third-order valence-corrected chi connectivity index (χ3v) is 8.23. The number of nitrogens with zero attached hydrogens (tertiary/aromatic N) is 2. The van der Waals surface area contributed by atoms with Gasteiger partial charge in [0, 0.05) is 24.8 Å². The summed E-state index contributed by atoms with van der Waals surface area (Å²) in [5.74, 6) is 2.44. The third-order valence-electron chi connectivity index (χ3n) is 8.23. The second kappa shape index (κ2) is 9.77. The summed E-state index contributed by atoms with van der Waals surface area (Å²) >= 11 is 0. The molecule has 1 unspecified atom stereocenters. The van der Waals surface area contributed by atoms with Crippen LogP contribution in [0.1, 0.15) is 35.6 Å². The number of hydrogen-bond donors (Lipinski definition) is 1. The van der Waals surface area contributed by atoms with Crippen molar-refractivity contribution in [3.05, 3.63) is 120 Å². The fourth-order valence-electron chi connectivity index (χ4n) is 6.26. The number of hydrogen-bond acceptors (Lipinski definition) is 4. The van der Waals surface area contributed by atoms with Crippen molar-refractivity contribution in [3.63, 3.8) is 0 Å². The zero-order chi connectivity index (χ0) is 25.3. The van der Waals surface area contributed by atoms with E-state index in [0.717, 1.165) is 60.4 Å². The van der Waals surface area contributed by atoms with Crippen LogP contribution in [0.2, 0.25) is 0 Å². The van der Waals surface area contributed by atoms with Crippen LogP contribution in [-0.2, 0) is 12.1 Å². The van der Waals surface area contributed by atoms with Crippen LogP contribution < -0.4 is 4.74 Å². The van der Waals surface area contributed by atoms with Crippen LogP contribution in [0.25, 0.3) is 0 Å². The molecule has 3 fully saturated rings. The molecule has 3 aliphatic rings. The van der Waals surface area contributed by atoms with E-state index in [0.29, 0.717) is 24.2 Å². The van der Waals surface area contributed by atoms with E-state index in [1.165, 1.54) is 12.1 Å². The first-order valence-electron chi connectivity index (χ1n) is 13.1. The average molecular weight is 500 g/mol. The van der Waals surface area contributed by atoms with E-state index in [1.54, 1.807) is 12.3 Å². The molecule has 1 N–H and O–H groups in total. The summed E-state index contributed by atoms with van der Waals surface area (Å²) in [5.41, 5.74) is -0.0400. The van der Waals surface area contributed by atoms with Crippen molar-refractivity contribution in [2.45, 2.75) is 25.0 Å². The Morgan fingerprint density at radius 3 is 2.27 bits per heavy atom. The monoisotopic (exact) mass is 499 g/mol. The molecule has 3 aliphatic heterocycles. The van der Waals surface area contributed by atoms with Gasteiger partial charge in [0.05, 0.1) is 32.4 Å². The Bertz CT molecular complexity index is 1290. The highest BCUT2D eigenvalue weighted by atomic mass is 19.1. The van der Waals surface area contributed by atoms with Crippen LogP contribution in [0.4, 0.5) is 4.39 Å². The van der Waals surface area contributed by atoms with Gasteiger partial charge in [-0.05, 0) is 29.2 Å². The standard InChI is InChI=1S/C31H32FN2O3/c32-27-12-7-13-28(18-27)36-22-24-20-34(16-14-23(24)15-17-34)21-29-19-33-30(37-29)31(35,25-8-3-1-4-9-25)26-10-5-2-6-11-26/h1-13,18-19,23-24,35H,14-17,20-22H2/q+1. The summed E-state index contributed by atoms with van der Waals surface area (Å²) in [4.78, 5) is 4.60. The summed E-state index contributed by atoms with van der Waals surface area (Å²) in [6.45, 7) is 4.52. The molecule has 3 aromatic carbocycles. The zero-order valence-electron chi connectivity index (χ0n) is 20.8. The maximum atomic E-state index is 13.6. The molecule has 6 heteroatoms. The van der Waals surface area contributed by atoms with Gasteiger partial charge >= 0.3 is 0 Å². The molecule has 0 aliphatic carbocycles. The Morgan fingerprint density at radius 2 is 1.62 bits per heavy atom. The van der Waals surface area contributed by atoms with Crippen molar-refractivity contribution in [2.24, 2.45) is 11.8 Å². The molecule has 0 saturated carbocycles. The highest BCUT2D eigenvalue weighted by Gasteiger charge is 2.47. The van der Waals surface area contributed by atoms with Gasteiger partial charge in [0.1, 0.15) is 18.1 Å². The van der Waals surface area contributed by atoms with E-state index in [2.05, 4.69) is 4.98 Å². The van der Waals surface area contributed by atoms with Gasteiger partial charge in [-0.25, -0.2) is 9.37 Å². The maximum absolute atomic E-state index is 13.6. The number of benzene rings is 3. The number of quaternary nitrogens is 1. The number of fused-ring (bicyclic) bond motifs is 3. The molecule has 4 heterocycles. The number of halogens is 1. The van der Waals surface area contributed by atoms with Crippen LogP contribution in [0.5, 0.6) is 5.75 Å². The Kier molecular flexibility index (Phi) is 6.31. The first-order valence-corrected chi connectivity index (χ1v) is 13.1. The van der Waals surface area contributed by atoms with Crippen molar-refractivity contribution < 1.29 is 23.1 Å². The van der Waals surface area contributed by atoms with Crippen molar-refractivity contribution in [3.8, 4) is 5.75 Å². The van der Waals surface area contributed by atoms with Gasteiger partial charge in [0.15, 0.2) is 11.4 Å². The zero-order valence-corrected chi connectivity index (χ0v) is 20.8. The molecule has 1 aromatic heterocycles. The van der Waals surface area contributed by atoms with Gasteiger partial charge in [0.25, 0.3) is 0 Å². The van der Waals surface area contributed by atoms with Crippen LogP contribution in [-0.4, -0.2) is 40.8 Å². The van der Waals surface area contributed by atoms with E-state index in [-0.39, 0.29) is 11.7 Å². The average Bonchev–Trinajstić information content (AvgIpc) is 3.41. The minimum Gasteiger partial charge on any atom is -0.493 e. The minimum atomic E-state index is -1.48. The number of oxazole rings is 1. The highest BCUT2D eigenvalue weighted by molar-refractivity contribution is 5.41. The van der Waals surface area contributed by atoms with E-state index in [9.17, 15) is 9.50 Å². The topological polar surface area (TPSA) is 55.5 Å². The Balaban J connectivity index is 1.22. The largest absolute Gasteiger partial charge is 0.493 e. The lowest BCUT2D eigenvalue weighted by atomic mass is 9.77. The summed E-state index contributed by atoms with van der Waals surface area (Å²) in [6.07, 6.45) is 4.07. The van der Waals surface area contributed by atoms with Crippen LogP contribution in [0, 0.1) is 17.7 Å². The molecule has 7 rings (SSSR count). The molecular weight excluding hydrogens is 467 g/mol. The SMILES string of the molecule is OC(c1ccccc1)(c1ccccc1)c1ncc(C[N+]23CCC(CC2)C(COc2cccc(F)c2)C3)o1. The molecule has 1 atom stereocenters. The summed E-state index contributed by atoms with van der Waals surface area (Å²) in [5, 5.41) is 12.0. The third kappa shape index (κ3) is 4.67. The minimum absolute atomic E-state index is 0.276. The number of ether oxygens (including phenoxy) is 1. The van der Waals surface area contributed by atoms with Crippen LogP contribution in [0.3, 0.4) is 0 Å². The van der Waals surface area contributed by atoms with Crippen molar-refractivity contribution >= 4 is 0 Å². The number of piperidine rings is 3. The molecule has 4 aromatic rings. The predicted molar refractivity (Wildman–Crippen MR) is 138 cm³/mol. The lowest BCUT2D eigenvalue weighted by Gasteiger charge is -2.52. The van der Waals surface area contributed by atoms with E-state index < -0.39 is 5.60 Å². The van der Waals surface area contributed by atoms with Crippen molar-refractivity contribution in [1.82, 2.24) is 4.98 Å². The smallest absolute Gasteiger partial charge is 0.236 e. The molecule has 37 heavy (non-hydrogen) atoms. The van der Waals surface area contributed by atoms with Gasteiger partial charge in [-0.1, -0.05) is 66.7 Å². The first-order chi connectivity index (χ1) is 18.0. The maximum Gasteiger partial charge on any atom is 0.236 e. The fourth-order valence-corrected chi connectivity index (χ4v) is 6.26. The second-order valence-electron chi connectivity index (χ2n) is 10.6. The highest BCUT2D eigenvalue weighted by Crippen LogP contribution is 2.41. The summed E-state index contributed by atoms with van der Waals surface area (Å²) in [7, 11) is 0. The molecule has 0 spiro atoms. The molecule has 3 saturated heterocycles. The molecule has 2 bridgehead atoms. The lowest BCUT2D eigenvalue weighted by Crippen LogP contribution is -2.62. The molecule has 0 radical (unpaired) electrons. The Morgan fingerprint density at radius 1 is 0.946 bits per heavy atom. The Labute approximate surface area is 216 Å². The van der Waals surface area contributed by atoms with E-state index >= 15 is 0 Å². The first kappa shape index (κ1) is 23.9. The molecule has 190 valence electrons. The number of aromatic nitrogens is 1. The van der Waals surface area contributed by atoms with E-state index in [1.807, 2.05) is 66.7 Å². The quantitative estimate of drug-likeness (QED) is 0.324. The molecule has 0 amide bonds. The summed E-state index contributed by atoms with van der Waals surface area (Å²) in [6, 6.07) is 25.5. The number of rotatable bonds is 8. The van der Waals surface area contributed by atoms with Crippen molar-refractivity contribution in [2.75, 3.05) is 26.2 Å². The Hall–Kier alpha value is -3.48. The predicted octanol–water partition coefficient (Wildman–Crippen LogP) is 5.53. The summed E-state index contributed by atoms with van der Waals surface area (Å²) < 4.78 is 26.8. The van der Waals surface area contributed by atoms with Crippen molar-refractivity contribution in [1.29, 1.82) is 0 Å². The lowest BCUT2D eigenvalue weighted by molar-refractivity contribution is -0.960. The van der Waals surface area contributed by atoms with Crippen LogP contribution >= 0.6 is 0 Å². The normalized spacial score (nSPS) is 23.2. The van der Waals surface area contributed by atoms with Gasteiger partial charge in [-0.3, -0.25) is 0 Å². The molecular formula is C31H32FN2O3+.